The maximum absolute atomic E-state index is 13.9. The van der Waals surface area contributed by atoms with Crippen LogP contribution in [0.1, 0.15) is 39.0 Å². The van der Waals surface area contributed by atoms with Crippen LogP contribution in [0.15, 0.2) is 54.6 Å². The number of hydrogen-bond donors (Lipinski definition) is 1. The highest BCUT2D eigenvalue weighted by Crippen LogP contribution is 2.47. The van der Waals surface area contributed by atoms with E-state index in [4.69, 9.17) is 18.9 Å². The second-order valence-corrected chi connectivity index (χ2v) is 8.82. The third-order valence-electron chi connectivity index (χ3n) is 6.66. The number of nitrogens with one attached hydrogen (secondary N) is 1. The molecule has 0 spiro atoms. The SMILES string of the molecule is COc1ccc([C@H]2[C@@H](C(=O)Nc3cccc(C(F)(F)F)c3)c3cc(OC)c(OC)cc3C(=O)N2C)cc1OC. The Kier molecular flexibility index (Phi) is 7.62. The Morgan fingerprint density at radius 2 is 1.46 bits per heavy atom. The summed E-state index contributed by atoms with van der Waals surface area (Å²) in [6, 6.07) is 11.5. The van der Waals surface area contributed by atoms with Gasteiger partial charge in [-0.15, -0.1) is 0 Å². The second kappa shape index (κ2) is 10.8. The van der Waals surface area contributed by atoms with Gasteiger partial charge in [0.25, 0.3) is 5.91 Å². The van der Waals surface area contributed by atoms with Gasteiger partial charge in [0.05, 0.1) is 46.0 Å². The predicted octanol–water partition coefficient (Wildman–Crippen LogP) is 5.29. The van der Waals surface area contributed by atoms with Crippen molar-refractivity contribution in [2.45, 2.75) is 18.1 Å². The van der Waals surface area contributed by atoms with Crippen LogP contribution in [-0.4, -0.2) is 52.2 Å². The Labute approximate surface area is 223 Å². The monoisotopic (exact) mass is 544 g/mol. The molecule has 39 heavy (non-hydrogen) atoms. The number of amides is 2. The summed E-state index contributed by atoms with van der Waals surface area (Å²) in [5, 5.41) is 2.61. The van der Waals surface area contributed by atoms with Crippen LogP contribution in [0.25, 0.3) is 0 Å². The summed E-state index contributed by atoms with van der Waals surface area (Å²) in [5.74, 6) is -0.643. The summed E-state index contributed by atoms with van der Waals surface area (Å²) < 4.78 is 61.5. The van der Waals surface area contributed by atoms with Gasteiger partial charge in [-0.25, -0.2) is 0 Å². The highest BCUT2D eigenvalue weighted by atomic mass is 19.4. The number of carbonyl (C=O) groups excluding carboxylic acids is 2. The van der Waals surface area contributed by atoms with Crippen molar-refractivity contribution in [3.63, 3.8) is 0 Å². The average molecular weight is 545 g/mol. The highest BCUT2D eigenvalue weighted by Gasteiger charge is 2.44. The van der Waals surface area contributed by atoms with Gasteiger partial charge in [0.15, 0.2) is 23.0 Å². The molecule has 0 aliphatic carbocycles. The van der Waals surface area contributed by atoms with Crippen LogP contribution >= 0.6 is 0 Å². The van der Waals surface area contributed by atoms with Gasteiger partial charge < -0.3 is 29.2 Å². The Balaban J connectivity index is 1.89. The molecule has 0 fully saturated rings. The third kappa shape index (κ3) is 5.16. The van der Waals surface area contributed by atoms with E-state index in [0.29, 0.717) is 28.4 Å². The summed E-state index contributed by atoms with van der Waals surface area (Å²) in [7, 11) is 7.33. The summed E-state index contributed by atoms with van der Waals surface area (Å²) in [5.41, 5.74) is 0.145. The molecule has 4 rings (SSSR count). The highest BCUT2D eigenvalue weighted by molar-refractivity contribution is 6.05. The molecule has 206 valence electrons. The maximum Gasteiger partial charge on any atom is 0.416 e. The topological polar surface area (TPSA) is 86.3 Å². The van der Waals surface area contributed by atoms with E-state index in [2.05, 4.69) is 5.32 Å². The van der Waals surface area contributed by atoms with Gasteiger partial charge in [-0.3, -0.25) is 9.59 Å². The molecule has 1 aliphatic rings. The molecule has 0 saturated carbocycles. The first-order chi connectivity index (χ1) is 18.5. The number of anilines is 1. The van der Waals surface area contributed by atoms with Crippen molar-refractivity contribution in [3.05, 3.63) is 76.9 Å². The zero-order chi connectivity index (χ0) is 28.5. The molecule has 0 saturated heterocycles. The van der Waals surface area contributed by atoms with E-state index in [1.54, 1.807) is 31.3 Å². The number of rotatable bonds is 7. The minimum absolute atomic E-state index is 0.0394. The number of alkyl halides is 3. The molecule has 0 unspecified atom stereocenters. The molecule has 1 N–H and O–H groups in total. The number of ether oxygens (including phenoxy) is 4. The second-order valence-electron chi connectivity index (χ2n) is 8.82. The van der Waals surface area contributed by atoms with Crippen molar-refractivity contribution < 1.29 is 41.7 Å². The summed E-state index contributed by atoms with van der Waals surface area (Å²) in [6.45, 7) is 0. The number of likely N-dealkylation sites (N-methyl/N-ethyl adjacent to an activating group) is 1. The molecule has 0 bridgehead atoms. The van der Waals surface area contributed by atoms with Crippen molar-refractivity contribution in [2.75, 3.05) is 40.8 Å². The number of carbonyl (C=O) groups is 2. The molecule has 11 heteroatoms. The van der Waals surface area contributed by atoms with Gasteiger partial charge in [0.1, 0.15) is 0 Å². The fraction of sp³-hybridized carbons (Fsp3) is 0.286. The zero-order valence-corrected chi connectivity index (χ0v) is 21.9. The summed E-state index contributed by atoms with van der Waals surface area (Å²) in [6.07, 6.45) is -4.59. The molecule has 3 aromatic rings. The van der Waals surface area contributed by atoms with Crippen molar-refractivity contribution in [1.29, 1.82) is 0 Å². The predicted molar refractivity (Wildman–Crippen MR) is 137 cm³/mol. The standard InChI is InChI=1S/C28H27F3N2O6/c1-33-25(15-9-10-20(36-2)21(11-15)37-3)24(18-13-22(38-4)23(39-5)14-19(18)27(33)35)26(34)32-17-8-6-7-16(12-17)28(29,30)31/h6-14,24-25H,1-5H3,(H,32,34)/t24-,25-/m0/s1. The largest absolute Gasteiger partial charge is 0.493 e. The van der Waals surface area contributed by atoms with Gasteiger partial charge in [-0.05, 0) is 53.6 Å². The minimum atomic E-state index is -4.59. The van der Waals surface area contributed by atoms with E-state index in [1.165, 1.54) is 51.5 Å². The molecule has 8 nitrogen and oxygen atoms in total. The number of fused-ring (bicyclic) bond motifs is 1. The summed E-state index contributed by atoms with van der Waals surface area (Å²) >= 11 is 0. The molecule has 2 amide bonds. The first kappa shape index (κ1) is 27.6. The van der Waals surface area contributed by atoms with Gasteiger partial charge in [0.2, 0.25) is 5.91 Å². The smallest absolute Gasteiger partial charge is 0.416 e. The third-order valence-corrected chi connectivity index (χ3v) is 6.66. The zero-order valence-electron chi connectivity index (χ0n) is 21.9. The van der Waals surface area contributed by atoms with Crippen LogP contribution in [-0.2, 0) is 11.0 Å². The first-order valence-corrected chi connectivity index (χ1v) is 11.8. The Hall–Kier alpha value is -4.41. The molecule has 1 aliphatic heterocycles. The number of benzene rings is 3. The first-order valence-electron chi connectivity index (χ1n) is 11.8. The van der Waals surface area contributed by atoms with E-state index in [9.17, 15) is 22.8 Å². The van der Waals surface area contributed by atoms with Gasteiger partial charge in [0, 0.05) is 18.3 Å². The molecule has 2 atom stereocenters. The van der Waals surface area contributed by atoms with Crippen molar-refractivity contribution in [3.8, 4) is 23.0 Å². The minimum Gasteiger partial charge on any atom is -0.493 e. The van der Waals surface area contributed by atoms with E-state index < -0.39 is 29.6 Å². The van der Waals surface area contributed by atoms with E-state index >= 15 is 0 Å². The molecule has 0 radical (unpaired) electrons. The lowest BCUT2D eigenvalue weighted by molar-refractivity contribution is -0.137. The Morgan fingerprint density at radius 1 is 0.846 bits per heavy atom. The molecule has 1 heterocycles. The molecular formula is C28H27F3N2O6. The Morgan fingerprint density at radius 3 is 2.08 bits per heavy atom. The fourth-order valence-electron chi connectivity index (χ4n) is 4.78. The number of methoxy groups -OCH3 is 4. The maximum atomic E-state index is 13.9. The Bertz CT molecular complexity index is 1410. The van der Waals surface area contributed by atoms with Gasteiger partial charge in [-0.2, -0.15) is 13.2 Å². The van der Waals surface area contributed by atoms with Crippen LogP contribution < -0.4 is 24.3 Å². The van der Waals surface area contributed by atoms with Crippen LogP contribution in [0.3, 0.4) is 0 Å². The number of hydrogen-bond acceptors (Lipinski definition) is 6. The summed E-state index contributed by atoms with van der Waals surface area (Å²) in [4.78, 5) is 28.9. The van der Waals surface area contributed by atoms with E-state index in [1.807, 2.05) is 0 Å². The normalized spacial score (nSPS) is 16.8. The van der Waals surface area contributed by atoms with Crippen molar-refractivity contribution in [1.82, 2.24) is 4.90 Å². The molecular weight excluding hydrogens is 517 g/mol. The van der Waals surface area contributed by atoms with E-state index in [-0.39, 0.29) is 22.9 Å². The van der Waals surface area contributed by atoms with Gasteiger partial charge >= 0.3 is 6.18 Å². The van der Waals surface area contributed by atoms with Crippen LogP contribution in [0.5, 0.6) is 23.0 Å². The lowest BCUT2D eigenvalue weighted by Gasteiger charge is -2.40. The van der Waals surface area contributed by atoms with Crippen molar-refractivity contribution in [2.24, 2.45) is 0 Å². The lowest BCUT2D eigenvalue weighted by Crippen LogP contribution is -2.44. The van der Waals surface area contributed by atoms with Crippen molar-refractivity contribution >= 4 is 17.5 Å². The van der Waals surface area contributed by atoms with Crippen LogP contribution in [0.2, 0.25) is 0 Å². The number of halogens is 3. The quantitative estimate of drug-likeness (QED) is 0.435. The van der Waals surface area contributed by atoms with E-state index in [0.717, 1.165) is 12.1 Å². The number of nitrogens with zero attached hydrogens (tertiary/aromatic N) is 1. The molecule has 3 aromatic carbocycles. The molecule has 0 aromatic heterocycles. The van der Waals surface area contributed by atoms with Crippen LogP contribution in [0.4, 0.5) is 18.9 Å². The lowest BCUT2D eigenvalue weighted by atomic mass is 9.79. The fourth-order valence-corrected chi connectivity index (χ4v) is 4.78. The van der Waals surface area contributed by atoms with Crippen LogP contribution in [0, 0.1) is 0 Å². The average Bonchev–Trinajstić information content (AvgIpc) is 2.93. The van der Waals surface area contributed by atoms with Gasteiger partial charge in [-0.1, -0.05) is 12.1 Å².